The van der Waals surface area contributed by atoms with E-state index < -0.39 is 11.9 Å². The number of halogens is 1. The van der Waals surface area contributed by atoms with E-state index in [-0.39, 0.29) is 18.9 Å². The van der Waals surface area contributed by atoms with Crippen LogP contribution in [0.1, 0.15) is 36.2 Å². The van der Waals surface area contributed by atoms with Crippen molar-refractivity contribution in [2.45, 2.75) is 27.2 Å². The van der Waals surface area contributed by atoms with Crippen LogP contribution in [0.15, 0.2) is 52.0 Å². The lowest BCUT2D eigenvalue weighted by molar-refractivity contribution is -0.123. The van der Waals surface area contributed by atoms with E-state index >= 15 is 0 Å². The van der Waals surface area contributed by atoms with Crippen molar-refractivity contribution < 1.29 is 23.9 Å². The molecule has 0 fully saturated rings. The number of anilines is 1. The van der Waals surface area contributed by atoms with Gasteiger partial charge in [0.15, 0.2) is 6.61 Å². The number of hydrogen-bond donors (Lipinski definition) is 2. The molecule has 2 aromatic carbocycles. The lowest BCUT2D eigenvalue weighted by Crippen LogP contribution is -2.26. The molecule has 0 aliphatic heterocycles. The fourth-order valence-corrected chi connectivity index (χ4v) is 2.96. The van der Waals surface area contributed by atoms with Crippen LogP contribution in [-0.2, 0) is 14.3 Å². The number of carbonyl (C=O) groups is 3. The minimum Gasteiger partial charge on any atom is -0.483 e. The maximum absolute atomic E-state index is 12.1. The van der Waals surface area contributed by atoms with Gasteiger partial charge in [-0.15, -0.1) is 0 Å². The van der Waals surface area contributed by atoms with Crippen molar-refractivity contribution in [1.29, 1.82) is 0 Å². The quantitative estimate of drug-likeness (QED) is 0.316. The van der Waals surface area contributed by atoms with Crippen molar-refractivity contribution >= 4 is 45.1 Å². The molecule has 0 aliphatic carbocycles. The summed E-state index contributed by atoms with van der Waals surface area (Å²) >= 11 is 3.37. The van der Waals surface area contributed by atoms with Crippen molar-refractivity contribution in [2.24, 2.45) is 5.10 Å². The van der Waals surface area contributed by atoms with Crippen LogP contribution in [0.3, 0.4) is 0 Å². The van der Waals surface area contributed by atoms with Gasteiger partial charge in [-0.05, 0) is 68.8 Å². The van der Waals surface area contributed by atoms with E-state index in [1.165, 1.54) is 0 Å². The Bertz CT molecular complexity index is 974. The maximum atomic E-state index is 12.1. The fourth-order valence-electron chi connectivity index (χ4n) is 2.49. The highest BCUT2D eigenvalue weighted by molar-refractivity contribution is 9.10. The summed E-state index contributed by atoms with van der Waals surface area (Å²) in [4.78, 5) is 35.7. The van der Waals surface area contributed by atoms with Crippen LogP contribution in [0, 0.1) is 6.92 Å². The summed E-state index contributed by atoms with van der Waals surface area (Å²) in [6.45, 7) is 5.34. The zero-order valence-corrected chi connectivity index (χ0v) is 19.1. The molecule has 0 unspecified atom stereocenters. The van der Waals surface area contributed by atoms with E-state index in [2.05, 4.69) is 31.8 Å². The number of benzene rings is 2. The molecule has 0 saturated carbocycles. The molecule has 0 saturated heterocycles. The van der Waals surface area contributed by atoms with Crippen LogP contribution in [0.5, 0.6) is 5.75 Å². The summed E-state index contributed by atoms with van der Waals surface area (Å²) in [5, 5.41) is 6.62. The number of nitrogens with zero attached hydrogens (tertiary/aromatic N) is 1. The first-order valence-corrected chi connectivity index (χ1v) is 10.4. The first kappa shape index (κ1) is 24.1. The van der Waals surface area contributed by atoms with Gasteiger partial charge in [-0.1, -0.05) is 15.9 Å². The average molecular weight is 490 g/mol. The highest BCUT2D eigenvalue weighted by Gasteiger charge is 2.09. The Balaban J connectivity index is 1.78. The number of hydrazone groups is 1. The normalized spacial score (nSPS) is 10.9. The van der Waals surface area contributed by atoms with Crippen molar-refractivity contribution in [1.82, 2.24) is 5.43 Å². The minimum atomic E-state index is -0.434. The van der Waals surface area contributed by atoms with Crippen LogP contribution >= 0.6 is 15.9 Å². The second-order valence-corrected chi connectivity index (χ2v) is 7.52. The number of ether oxygens (including phenoxy) is 2. The van der Waals surface area contributed by atoms with E-state index in [1.807, 2.05) is 19.1 Å². The number of carbonyl (C=O) groups excluding carboxylic acids is 3. The second-order valence-electron chi connectivity index (χ2n) is 6.60. The van der Waals surface area contributed by atoms with Crippen molar-refractivity contribution in [2.75, 3.05) is 18.5 Å². The predicted octanol–water partition coefficient (Wildman–Crippen LogP) is 3.83. The van der Waals surface area contributed by atoms with Gasteiger partial charge in [0.1, 0.15) is 5.75 Å². The number of nitrogens with one attached hydrogen (secondary N) is 2. The maximum Gasteiger partial charge on any atom is 0.338 e. The largest absolute Gasteiger partial charge is 0.483 e. The van der Waals surface area contributed by atoms with E-state index in [4.69, 9.17) is 9.47 Å². The van der Waals surface area contributed by atoms with Crippen LogP contribution in [-0.4, -0.2) is 36.7 Å². The van der Waals surface area contributed by atoms with Crippen LogP contribution in [0.2, 0.25) is 0 Å². The molecule has 2 rings (SSSR count). The van der Waals surface area contributed by atoms with Gasteiger partial charge in [-0.25, -0.2) is 10.2 Å². The lowest BCUT2D eigenvalue weighted by atomic mass is 10.2. The second kappa shape index (κ2) is 11.8. The summed E-state index contributed by atoms with van der Waals surface area (Å²) < 4.78 is 11.3. The molecular weight excluding hydrogens is 466 g/mol. The zero-order valence-electron chi connectivity index (χ0n) is 17.5. The number of esters is 1. The van der Waals surface area contributed by atoms with E-state index in [1.54, 1.807) is 44.2 Å². The Labute approximate surface area is 189 Å². The van der Waals surface area contributed by atoms with Crippen molar-refractivity contribution in [3.8, 4) is 5.75 Å². The van der Waals surface area contributed by atoms with Gasteiger partial charge in [0.2, 0.25) is 5.91 Å². The number of aryl methyl sites for hydroxylation is 1. The molecule has 0 aliphatic rings. The molecule has 8 nitrogen and oxygen atoms in total. The summed E-state index contributed by atoms with van der Waals surface area (Å²) in [6, 6.07) is 11.8. The Morgan fingerprint density at radius 1 is 1.06 bits per heavy atom. The highest BCUT2D eigenvalue weighted by Crippen LogP contribution is 2.21. The topological polar surface area (TPSA) is 106 Å². The molecule has 9 heteroatoms. The first-order valence-electron chi connectivity index (χ1n) is 9.56. The standard InChI is InChI=1S/C22H24BrN3O5/c1-4-30-22(29)16-5-8-18(9-6-16)24-20(27)12-15(3)25-26-21(28)13-31-19-10-7-17(23)11-14(19)2/h5-11H,4,12-13H2,1-3H3,(H,24,27)(H,26,28). The molecule has 164 valence electrons. The summed E-state index contributed by atoms with van der Waals surface area (Å²) in [6.07, 6.45) is -0.00736. The third kappa shape index (κ3) is 8.21. The molecule has 0 spiro atoms. The van der Waals surface area contributed by atoms with Crippen molar-refractivity contribution in [3.05, 3.63) is 58.1 Å². The van der Waals surface area contributed by atoms with Crippen molar-refractivity contribution in [3.63, 3.8) is 0 Å². The van der Waals surface area contributed by atoms with Gasteiger partial charge in [0, 0.05) is 15.9 Å². The van der Waals surface area contributed by atoms with Gasteiger partial charge in [-0.3, -0.25) is 9.59 Å². The monoisotopic (exact) mass is 489 g/mol. The third-order valence-corrected chi connectivity index (χ3v) is 4.46. The number of hydrogen-bond acceptors (Lipinski definition) is 6. The van der Waals surface area contributed by atoms with Gasteiger partial charge >= 0.3 is 5.97 Å². The zero-order chi connectivity index (χ0) is 22.8. The molecule has 0 atom stereocenters. The Kier molecular flexibility index (Phi) is 9.20. The summed E-state index contributed by atoms with van der Waals surface area (Å²) in [7, 11) is 0. The minimum absolute atomic E-state index is 0.00736. The predicted molar refractivity (Wildman–Crippen MR) is 121 cm³/mol. The summed E-state index contributed by atoms with van der Waals surface area (Å²) in [5.41, 5.74) is 4.63. The number of rotatable bonds is 9. The van der Waals surface area contributed by atoms with Crippen LogP contribution < -0.4 is 15.5 Å². The Morgan fingerprint density at radius 2 is 1.77 bits per heavy atom. The van der Waals surface area contributed by atoms with Gasteiger partial charge < -0.3 is 14.8 Å². The third-order valence-electron chi connectivity index (χ3n) is 3.96. The smallest absolute Gasteiger partial charge is 0.338 e. The van der Waals surface area contributed by atoms with Gasteiger partial charge in [-0.2, -0.15) is 5.10 Å². The molecule has 2 amide bonds. The molecule has 2 N–H and O–H groups in total. The number of amides is 2. The molecular formula is C22H24BrN3O5. The summed E-state index contributed by atoms with van der Waals surface area (Å²) in [5.74, 6) is -0.552. The molecule has 0 heterocycles. The molecule has 31 heavy (non-hydrogen) atoms. The fraction of sp³-hybridized carbons (Fsp3) is 0.273. The van der Waals surface area contributed by atoms with Crippen LogP contribution in [0.4, 0.5) is 5.69 Å². The van der Waals surface area contributed by atoms with E-state index in [0.717, 1.165) is 10.0 Å². The molecule has 0 bridgehead atoms. The first-order chi connectivity index (χ1) is 14.8. The van der Waals surface area contributed by atoms with Crippen LogP contribution in [0.25, 0.3) is 0 Å². The Hall–Kier alpha value is -3.20. The van der Waals surface area contributed by atoms with Gasteiger partial charge in [0.05, 0.1) is 18.6 Å². The average Bonchev–Trinajstić information content (AvgIpc) is 2.72. The van der Waals surface area contributed by atoms with E-state index in [9.17, 15) is 14.4 Å². The molecule has 0 aromatic heterocycles. The molecule has 0 radical (unpaired) electrons. The van der Waals surface area contributed by atoms with Gasteiger partial charge in [0.25, 0.3) is 5.91 Å². The molecule has 2 aromatic rings. The Morgan fingerprint density at radius 3 is 2.42 bits per heavy atom. The van der Waals surface area contributed by atoms with E-state index in [0.29, 0.717) is 29.3 Å². The SMILES string of the molecule is CCOC(=O)c1ccc(NC(=O)CC(C)=NNC(=O)COc2ccc(Br)cc2C)cc1. The lowest BCUT2D eigenvalue weighted by Gasteiger charge is -2.09. The highest BCUT2D eigenvalue weighted by atomic mass is 79.9.